The van der Waals surface area contributed by atoms with Crippen LogP contribution in [-0.2, 0) is 30.3 Å². The molecule has 2 aliphatic heterocycles. The number of aliphatic carboxylic acids is 1. The number of nitrogens with zero attached hydrogens (tertiary/aromatic N) is 4. The zero-order chi connectivity index (χ0) is 37.2. The van der Waals surface area contributed by atoms with E-state index in [2.05, 4.69) is 25.5 Å². The normalized spacial score (nSPS) is 19.6. The highest BCUT2D eigenvalue weighted by atomic mass is 32.2. The number of likely N-dealkylation sites (N-methyl/N-ethyl adjacent to an activating group) is 2. The van der Waals surface area contributed by atoms with Crippen molar-refractivity contribution in [1.82, 2.24) is 30.4 Å². The molecule has 3 amide bonds. The molecule has 6 atom stereocenters. The van der Waals surface area contributed by atoms with Crippen molar-refractivity contribution in [3.63, 3.8) is 0 Å². The molecule has 4 heterocycles. The Labute approximate surface area is 312 Å². The van der Waals surface area contributed by atoms with Gasteiger partial charge in [0.2, 0.25) is 11.8 Å². The number of aromatic nitrogens is 2. The summed E-state index contributed by atoms with van der Waals surface area (Å²) in [6, 6.07) is -1.71. The molecule has 0 spiro atoms. The van der Waals surface area contributed by atoms with Crippen LogP contribution in [0.25, 0.3) is 0 Å². The molecule has 0 bridgehead atoms. The van der Waals surface area contributed by atoms with Gasteiger partial charge in [0, 0.05) is 61.8 Å². The van der Waals surface area contributed by atoms with Gasteiger partial charge in [-0.3, -0.25) is 28.9 Å². The second-order valence-corrected chi connectivity index (χ2v) is 17.0. The van der Waals surface area contributed by atoms with Crippen LogP contribution >= 0.6 is 34.4 Å². The number of piperidine rings is 1. The minimum Gasteiger partial charge on any atom is -0.481 e. The topological polar surface area (TPSA) is 171 Å². The van der Waals surface area contributed by atoms with Gasteiger partial charge in [-0.05, 0) is 56.7 Å². The Morgan fingerprint density at radius 2 is 1.84 bits per heavy atom. The van der Waals surface area contributed by atoms with Crippen molar-refractivity contribution in [1.29, 1.82) is 0 Å². The fraction of sp³-hybridized carbons (Fsp3) is 0.686. The van der Waals surface area contributed by atoms with E-state index in [-0.39, 0.29) is 54.3 Å². The molecule has 0 radical (unpaired) electrons. The summed E-state index contributed by atoms with van der Waals surface area (Å²) in [5.74, 6) is -1.29. The molecular formula is C35H52N6O7S3. The van der Waals surface area contributed by atoms with Crippen molar-refractivity contribution < 1.29 is 33.8 Å². The number of esters is 1. The molecule has 0 aliphatic carbocycles. The molecule has 3 N–H and O–H groups in total. The molecule has 0 aromatic carbocycles. The first kappa shape index (κ1) is 40.7. The zero-order valence-corrected chi connectivity index (χ0v) is 32.8. The third kappa shape index (κ3) is 11.5. The van der Waals surface area contributed by atoms with Crippen molar-refractivity contribution in [2.75, 3.05) is 32.1 Å². The van der Waals surface area contributed by atoms with E-state index >= 15 is 0 Å². The lowest BCUT2D eigenvalue weighted by molar-refractivity contribution is -0.149. The maximum atomic E-state index is 14.2. The third-order valence-electron chi connectivity index (χ3n) is 9.77. The molecule has 2 aromatic heterocycles. The number of hydrogen-bond donors (Lipinski definition) is 3. The van der Waals surface area contributed by atoms with Gasteiger partial charge < -0.3 is 25.4 Å². The van der Waals surface area contributed by atoms with Gasteiger partial charge in [0.15, 0.2) is 6.10 Å². The monoisotopic (exact) mass is 764 g/mol. The summed E-state index contributed by atoms with van der Waals surface area (Å²) in [6.45, 7) is 7.76. The van der Waals surface area contributed by atoms with E-state index in [1.165, 1.54) is 29.6 Å². The van der Waals surface area contributed by atoms with Gasteiger partial charge in [0.1, 0.15) is 16.7 Å². The van der Waals surface area contributed by atoms with Crippen molar-refractivity contribution in [2.24, 2.45) is 17.8 Å². The number of hydrogen-bond acceptors (Lipinski definition) is 12. The Morgan fingerprint density at radius 1 is 1.10 bits per heavy atom. The summed E-state index contributed by atoms with van der Waals surface area (Å²) in [5, 5.41) is 20.4. The van der Waals surface area contributed by atoms with Gasteiger partial charge in [-0.25, -0.2) is 9.97 Å². The fourth-order valence-electron chi connectivity index (χ4n) is 6.61. The molecule has 16 heteroatoms. The van der Waals surface area contributed by atoms with Crippen molar-refractivity contribution >= 4 is 64.1 Å². The highest BCUT2D eigenvalue weighted by molar-refractivity contribution is 8.00. The van der Waals surface area contributed by atoms with E-state index in [1.807, 2.05) is 26.3 Å². The van der Waals surface area contributed by atoms with Crippen LogP contribution < -0.4 is 10.6 Å². The summed E-state index contributed by atoms with van der Waals surface area (Å²) in [6.07, 6.45) is 5.27. The molecule has 0 unspecified atom stereocenters. The number of thiazole rings is 2. The Bertz CT molecular complexity index is 1480. The predicted molar refractivity (Wildman–Crippen MR) is 199 cm³/mol. The van der Waals surface area contributed by atoms with Crippen LogP contribution in [0, 0.1) is 17.8 Å². The van der Waals surface area contributed by atoms with Crippen molar-refractivity contribution in [3.8, 4) is 0 Å². The Hall–Kier alpha value is -3.08. The molecule has 0 saturated carbocycles. The molecule has 2 aromatic rings. The third-order valence-corrected chi connectivity index (χ3v) is 12.9. The van der Waals surface area contributed by atoms with Crippen LogP contribution in [0.5, 0.6) is 0 Å². The van der Waals surface area contributed by atoms with Gasteiger partial charge >= 0.3 is 11.9 Å². The van der Waals surface area contributed by atoms with E-state index in [0.29, 0.717) is 17.8 Å². The number of thioether (sulfide) groups is 1. The molecule has 4 rings (SSSR count). The maximum absolute atomic E-state index is 14.2. The molecule has 2 aliphatic rings. The number of carbonyl (C=O) groups excluding carboxylic acids is 4. The SMILES string of the molecule is CC(=O)O[C@H](C[C@H](C(C)C)N(C)C(=O)[C@@H](NC(=O)[C@H]1CCCCN1C)C1CSC1)c1nc(C(=O)N[C@@H](CCc2nccs2)C[C@H](C)C(=O)O)cs1. The van der Waals surface area contributed by atoms with E-state index in [9.17, 15) is 29.1 Å². The Morgan fingerprint density at radius 3 is 2.43 bits per heavy atom. The van der Waals surface area contributed by atoms with Crippen LogP contribution in [0.4, 0.5) is 0 Å². The average molecular weight is 765 g/mol. The van der Waals surface area contributed by atoms with Crippen LogP contribution in [0.15, 0.2) is 17.0 Å². The van der Waals surface area contributed by atoms with Gasteiger partial charge in [-0.15, -0.1) is 22.7 Å². The summed E-state index contributed by atoms with van der Waals surface area (Å²) >= 11 is 4.44. The lowest BCUT2D eigenvalue weighted by Gasteiger charge is -2.40. The summed E-state index contributed by atoms with van der Waals surface area (Å²) < 4.78 is 5.77. The lowest BCUT2D eigenvalue weighted by atomic mass is 9.93. The van der Waals surface area contributed by atoms with Gasteiger partial charge in [-0.2, -0.15) is 11.8 Å². The van der Waals surface area contributed by atoms with Gasteiger partial charge in [-0.1, -0.05) is 27.2 Å². The van der Waals surface area contributed by atoms with Crippen LogP contribution in [0.1, 0.15) is 92.8 Å². The summed E-state index contributed by atoms with van der Waals surface area (Å²) in [7, 11) is 3.69. The lowest BCUT2D eigenvalue weighted by Crippen LogP contribution is -2.60. The minimum atomic E-state index is -0.941. The largest absolute Gasteiger partial charge is 0.481 e. The molecular weight excluding hydrogens is 713 g/mol. The van der Waals surface area contributed by atoms with Crippen molar-refractivity contribution in [2.45, 2.75) is 103 Å². The Balaban J connectivity index is 1.48. The van der Waals surface area contributed by atoms with Gasteiger partial charge in [0.25, 0.3) is 5.91 Å². The number of carboxylic acid groups (broad SMARTS) is 1. The zero-order valence-electron chi connectivity index (χ0n) is 30.3. The number of rotatable bonds is 18. The van der Waals surface area contributed by atoms with Crippen LogP contribution in [0.2, 0.25) is 0 Å². The second-order valence-electron chi connectivity index (χ2n) is 14.1. The molecule has 282 valence electrons. The first-order valence-corrected chi connectivity index (χ1v) is 20.6. The maximum Gasteiger partial charge on any atom is 0.306 e. The molecule has 2 saturated heterocycles. The van der Waals surface area contributed by atoms with Crippen molar-refractivity contribution in [3.05, 3.63) is 32.7 Å². The van der Waals surface area contributed by atoms with Crippen LogP contribution in [-0.4, -0.2) is 111 Å². The summed E-state index contributed by atoms with van der Waals surface area (Å²) in [5.41, 5.74) is 0.137. The predicted octanol–water partition coefficient (Wildman–Crippen LogP) is 4.25. The summed E-state index contributed by atoms with van der Waals surface area (Å²) in [4.78, 5) is 77.6. The highest BCUT2D eigenvalue weighted by Crippen LogP contribution is 2.33. The number of carbonyl (C=O) groups is 5. The van der Waals surface area contributed by atoms with E-state index in [4.69, 9.17) is 4.74 Å². The quantitative estimate of drug-likeness (QED) is 0.186. The first-order valence-electron chi connectivity index (χ1n) is 17.6. The first-order chi connectivity index (χ1) is 24.2. The number of carboxylic acids is 1. The molecule has 51 heavy (non-hydrogen) atoms. The second kappa shape index (κ2) is 19.1. The standard InChI is InChI=1S/C35H52N6O7S3/c1-20(2)27(41(6)34(45)30(23-17-49-18-23)39-32(44)26-9-7-8-13-40(26)5)16-28(48-22(4)42)33-38-25(19-51-33)31(43)37-24(15-21(3)35(46)47)10-11-29-36-12-14-50-29/h12,14,19-21,23-24,26-28,30H,7-11,13,15-18H2,1-6H3,(H,37,43)(H,39,44)(H,46,47)/t21-,24-,26+,27+,28+,30-/m0/s1. The average Bonchev–Trinajstić information content (AvgIpc) is 3.76. The van der Waals surface area contributed by atoms with E-state index < -0.39 is 42.0 Å². The number of aryl methyl sites for hydroxylation is 1. The van der Waals surface area contributed by atoms with E-state index in [0.717, 1.165) is 42.3 Å². The number of nitrogens with one attached hydrogen (secondary N) is 2. The number of ether oxygens (including phenoxy) is 1. The minimum absolute atomic E-state index is 0.0313. The smallest absolute Gasteiger partial charge is 0.306 e. The number of likely N-dealkylation sites (tertiary alicyclic amines) is 1. The Kier molecular flexibility index (Phi) is 15.3. The van der Waals surface area contributed by atoms with E-state index in [1.54, 1.807) is 42.2 Å². The van der Waals surface area contributed by atoms with Gasteiger partial charge in [0.05, 0.1) is 17.0 Å². The van der Waals surface area contributed by atoms with Crippen LogP contribution in [0.3, 0.4) is 0 Å². The molecule has 13 nitrogen and oxygen atoms in total. The molecule has 2 fully saturated rings. The highest BCUT2D eigenvalue weighted by Gasteiger charge is 2.41. The number of amides is 3. The fourth-order valence-corrected chi connectivity index (χ4v) is 8.98.